The van der Waals surface area contributed by atoms with Crippen LogP contribution in [0.5, 0.6) is 0 Å². The van der Waals surface area contributed by atoms with Gasteiger partial charge in [0.25, 0.3) is 0 Å². The molecule has 0 unspecified atom stereocenters. The third-order valence-electron chi connectivity index (χ3n) is 5.39. The van der Waals surface area contributed by atoms with Gasteiger partial charge in [-0.1, -0.05) is 0 Å². The van der Waals surface area contributed by atoms with Gasteiger partial charge in [0.15, 0.2) is 0 Å². The van der Waals surface area contributed by atoms with Gasteiger partial charge in [-0.3, -0.25) is 0 Å². The Kier molecular flexibility index (Phi) is 9.07. The Bertz CT molecular complexity index is 664. The summed E-state index contributed by atoms with van der Waals surface area (Å²) >= 11 is 1.01. The molecule has 2 aromatic heterocycles. The number of nitrogens with zero attached hydrogens (tertiary/aromatic N) is 4. The van der Waals surface area contributed by atoms with Gasteiger partial charge in [-0.15, -0.1) is 0 Å². The van der Waals surface area contributed by atoms with Crippen molar-refractivity contribution in [3.63, 3.8) is 0 Å². The van der Waals surface area contributed by atoms with Crippen LogP contribution in [0.25, 0.3) is 5.69 Å². The third kappa shape index (κ3) is 5.09. The van der Waals surface area contributed by atoms with Gasteiger partial charge < -0.3 is 0 Å². The summed E-state index contributed by atoms with van der Waals surface area (Å²) in [6.07, 6.45) is 9.65. The minimum atomic E-state index is -2.56. The quantitative estimate of drug-likeness (QED) is 0.274. The molecule has 4 nitrogen and oxygen atoms in total. The van der Waals surface area contributed by atoms with Crippen molar-refractivity contribution in [1.29, 1.82) is 0 Å². The number of aromatic nitrogens is 4. The van der Waals surface area contributed by atoms with E-state index in [0.717, 1.165) is 10.3 Å². The van der Waals surface area contributed by atoms with Crippen molar-refractivity contribution in [1.82, 2.24) is 20.0 Å². The number of unbranched alkanes of at least 4 members (excludes halogenated alkanes) is 3. The first-order chi connectivity index (χ1) is 12.6. The molecule has 2 heterocycles. The zero-order valence-electron chi connectivity index (χ0n) is 16.8. The fourth-order valence-electron chi connectivity index (χ4n) is 3.86. The summed E-state index contributed by atoms with van der Waals surface area (Å²) in [4.78, 5) is 4.36. The van der Waals surface area contributed by atoms with Crippen molar-refractivity contribution in [2.24, 2.45) is 0 Å². The fraction of sp³-hybridized carbons (Fsp3) is 0.650. The summed E-state index contributed by atoms with van der Waals surface area (Å²) in [5.41, 5.74) is 2.24. The molecule has 0 aliphatic rings. The van der Waals surface area contributed by atoms with E-state index >= 15 is 0 Å². The molecule has 0 amide bonds. The Morgan fingerprint density at radius 2 is 1.58 bits per heavy atom. The molecule has 0 aromatic carbocycles. The van der Waals surface area contributed by atoms with Crippen LogP contribution in [0.3, 0.4) is 0 Å². The van der Waals surface area contributed by atoms with Crippen LogP contribution in [-0.2, 0) is 0 Å². The first-order valence-corrected chi connectivity index (χ1v) is 18.4. The van der Waals surface area contributed by atoms with Gasteiger partial charge in [0.05, 0.1) is 0 Å². The van der Waals surface area contributed by atoms with Crippen molar-refractivity contribution in [2.45, 2.75) is 79.5 Å². The van der Waals surface area contributed by atoms with E-state index in [0.29, 0.717) is 0 Å². The Morgan fingerprint density at radius 1 is 1.00 bits per heavy atom. The third-order valence-corrected chi connectivity index (χ3v) is 21.4. The van der Waals surface area contributed by atoms with E-state index < -0.39 is 18.4 Å². The summed E-state index contributed by atoms with van der Waals surface area (Å²) in [5.74, 6) is 0. The molecular weight excluding hydrogens is 495 g/mol. The van der Waals surface area contributed by atoms with Crippen LogP contribution in [-0.4, -0.2) is 38.4 Å². The molecule has 2 aromatic rings. The molecule has 0 aliphatic heterocycles. The van der Waals surface area contributed by atoms with Gasteiger partial charge in [-0.2, -0.15) is 0 Å². The summed E-state index contributed by atoms with van der Waals surface area (Å²) in [6, 6.07) is 4.02. The van der Waals surface area contributed by atoms with Crippen LogP contribution < -0.4 is 3.71 Å². The molecule has 144 valence electrons. The molecular formula is C20H33BrN4Sn. The number of pyridine rings is 1. The number of rotatable bonds is 11. The van der Waals surface area contributed by atoms with E-state index in [2.05, 4.69) is 59.9 Å². The van der Waals surface area contributed by atoms with Gasteiger partial charge in [0.2, 0.25) is 0 Å². The van der Waals surface area contributed by atoms with Crippen molar-refractivity contribution < 1.29 is 0 Å². The fourth-order valence-corrected chi connectivity index (χ4v) is 20.5. The Morgan fingerprint density at radius 3 is 2.08 bits per heavy atom. The van der Waals surface area contributed by atoms with E-state index in [4.69, 9.17) is 5.10 Å². The molecule has 6 heteroatoms. The average Bonchev–Trinajstić information content (AvgIpc) is 3.04. The predicted octanol–water partition coefficient (Wildman–Crippen LogP) is 5.79. The Labute approximate surface area is 171 Å². The number of hydrogen-bond donors (Lipinski definition) is 0. The van der Waals surface area contributed by atoms with Crippen molar-refractivity contribution in [3.8, 4) is 5.69 Å². The average molecular weight is 528 g/mol. The Hall–Kier alpha value is -0.431. The minimum absolute atomic E-state index is 0.830. The topological polar surface area (TPSA) is 43.6 Å². The molecule has 26 heavy (non-hydrogen) atoms. The summed E-state index contributed by atoms with van der Waals surface area (Å²) in [5, 5.41) is 9.41. The van der Waals surface area contributed by atoms with Gasteiger partial charge in [-0.05, 0) is 0 Å². The molecule has 0 aliphatic carbocycles. The first kappa shape index (κ1) is 21.9. The second-order valence-corrected chi connectivity index (χ2v) is 21.0. The summed E-state index contributed by atoms with van der Waals surface area (Å²) in [6.45, 7) is 9.15. The van der Waals surface area contributed by atoms with Crippen LogP contribution in [0, 0.1) is 6.92 Å². The van der Waals surface area contributed by atoms with Crippen molar-refractivity contribution in [3.05, 3.63) is 28.6 Å². The second kappa shape index (κ2) is 10.8. The number of hydrogen-bond acceptors (Lipinski definition) is 3. The monoisotopic (exact) mass is 528 g/mol. The first-order valence-electron chi connectivity index (χ1n) is 10.1. The molecule has 0 radical (unpaired) electrons. The molecule has 0 saturated carbocycles. The van der Waals surface area contributed by atoms with Crippen LogP contribution in [0.4, 0.5) is 0 Å². The van der Waals surface area contributed by atoms with E-state index in [1.165, 1.54) is 61.2 Å². The van der Waals surface area contributed by atoms with E-state index in [1.807, 2.05) is 10.7 Å². The van der Waals surface area contributed by atoms with Crippen molar-refractivity contribution >= 4 is 38.0 Å². The molecule has 0 saturated heterocycles. The van der Waals surface area contributed by atoms with E-state index in [9.17, 15) is 0 Å². The van der Waals surface area contributed by atoms with Crippen LogP contribution in [0.2, 0.25) is 13.3 Å². The van der Waals surface area contributed by atoms with Crippen LogP contribution in [0.1, 0.15) is 65.0 Å². The van der Waals surface area contributed by atoms with E-state index in [1.54, 1.807) is 6.20 Å². The van der Waals surface area contributed by atoms with Gasteiger partial charge >= 0.3 is 172 Å². The summed E-state index contributed by atoms with van der Waals surface area (Å²) in [7, 11) is 0. The standard InChI is InChI=1S/C8H6BrN4.3C4H9.Sn/c1-6-5-11-12-13(6)7-3-2-4-10-8(7)9;3*1-3-4-2;/h2-4H,1H3;3*1,3-4H2,2H3;. The van der Waals surface area contributed by atoms with Gasteiger partial charge in [-0.25, -0.2) is 0 Å². The SMILES string of the molecule is CCC[CH2][Sn]([CH2]CCC)([CH2]CCC)[c]1nnn(-c2cccnc2Br)c1C. The van der Waals surface area contributed by atoms with Gasteiger partial charge in [0.1, 0.15) is 0 Å². The van der Waals surface area contributed by atoms with Crippen molar-refractivity contribution in [2.75, 3.05) is 0 Å². The number of halogens is 1. The molecule has 0 bridgehead atoms. The van der Waals surface area contributed by atoms with Gasteiger partial charge in [0, 0.05) is 0 Å². The normalized spacial score (nSPS) is 11.9. The summed E-state index contributed by atoms with van der Waals surface area (Å²) < 4.78 is 8.49. The predicted molar refractivity (Wildman–Crippen MR) is 116 cm³/mol. The Balaban J connectivity index is 2.48. The molecule has 2 rings (SSSR count). The maximum absolute atomic E-state index is 4.82. The second-order valence-electron chi connectivity index (χ2n) is 7.34. The van der Waals surface area contributed by atoms with E-state index in [-0.39, 0.29) is 0 Å². The molecule has 0 atom stereocenters. The zero-order chi connectivity index (χ0) is 19.0. The van der Waals surface area contributed by atoms with Crippen LogP contribution in [0.15, 0.2) is 22.9 Å². The molecule has 0 fully saturated rings. The molecule has 0 spiro atoms. The maximum atomic E-state index is 4.82. The molecule has 0 N–H and O–H groups in total. The van der Waals surface area contributed by atoms with Crippen LogP contribution >= 0.6 is 15.9 Å². The zero-order valence-corrected chi connectivity index (χ0v) is 21.2.